The van der Waals surface area contributed by atoms with E-state index in [1.807, 2.05) is 0 Å². The molecule has 2 aliphatic heterocycles. The van der Waals surface area contributed by atoms with Gasteiger partial charge < -0.3 is 24.1 Å². The molecule has 2 saturated heterocycles. The molecule has 16 heteroatoms. The summed E-state index contributed by atoms with van der Waals surface area (Å²) in [4.78, 5) is 21.8. The molecular formula is C35H29F5N6O5. The number of terminal acetylenes is 1. The highest BCUT2D eigenvalue weighted by Crippen LogP contribution is 2.43. The molecule has 2 aliphatic rings. The number of nitrogens with zero attached hydrogens (tertiary/aromatic N) is 6. The number of pyridine rings is 1. The minimum absolute atomic E-state index is 0.0832. The Hall–Kier alpha value is -5.40. The molecule has 11 nitrogen and oxygen atoms in total. The second-order valence-corrected chi connectivity index (χ2v) is 12.3. The Bertz CT molecular complexity index is 2180. The van der Waals surface area contributed by atoms with Crippen LogP contribution in [0.25, 0.3) is 32.9 Å². The molecule has 0 amide bonds. The van der Waals surface area contributed by atoms with E-state index in [-0.39, 0.29) is 76.8 Å². The Labute approximate surface area is 287 Å². The van der Waals surface area contributed by atoms with Crippen molar-refractivity contribution in [3.63, 3.8) is 0 Å². The highest BCUT2D eigenvalue weighted by atomic mass is 19.4. The van der Waals surface area contributed by atoms with E-state index in [0.29, 0.717) is 24.8 Å². The summed E-state index contributed by atoms with van der Waals surface area (Å²) in [5.41, 5.74) is -2.05. The fourth-order valence-electron chi connectivity index (χ4n) is 6.97. The standard InChI is InChI=1S/C35H29F5N6O5/c1-3-22-25(36)6-5-19-11-21(51-18-48-2)12-23(28(19)22)30-29(37)31-24(14-41-30)32(47)45-33(44-31)50-16-34-8-4-10-46(34)20(7-9-34)15-49-27-13-26(35(38,39)40)42-17-43-27/h1,5-6,11-14,17,20H,4,7-10,15-16,18H2,2H3,(H,44,45,47)/t20-,34-/m0/s1. The maximum Gasteiger partial charge on any atom is 0.433 e. The SMILES string of the molecule is C#Cc1c(F)ccc2cc(OCOC)cc(-c3ncc4c(O)nc(OC[C@@]56CCCN5[C@H](COc5cc(C(F)(F)F)ncn5)CC6)nc4c3F)c12. The van der Waals surface area contributed by atoms with Gasteiger partial charge in [0.2, 0.25) is 11.8 Å². The van der Waals surface area contributed by atoms with Gasteiger partial charge in [0.05, 0.1) is 16.5 Å². The lowest BCUT2D eigenvalue weighted by atomic mass is 9.95. The smallest absolute Gasteiger partial charge is 0.433 e. The van der Waals surface area contributed by atoms with Crippen molar-refractivity contribution in [3.05, 3.63) is 65.7 Å². The molecule has 2 aromatic carbocycles. The van der Waals surface area contributed by atoms with Crippen LogP contribution in [0.4, 0.5) is 22.0 Å². The van der Waals surface area contributed by atoms with Gasteiger partial charge in [-0.15, -0.1) is 6.42 Å². The quantitative estimate of drug-likeness (QED) is 0.104. The maximum absolute atomic E-state index is 16.5. The molecule has 1 N–H and O–H groups in total. The first-order valence-corrected chi connectivity index (χ1v) is 15.8. The molecule has 0 bridgehead atoms. The Kier molecular flexibility index (Phi) is 8.94. The number of hydrogen-bond donors (Lipinski definition) is 1. The summed E-state index contributed by atoms with van der Waals surface area (Å²) >= 11 is 0. The van der Waals surface area contributed by atoms with Gasteiger partial charge >= 0.3 is 12.2 Å². The Morgan fingerprint density at radius 2 is 1.90 bits per heavy atom. The fourth-order valence-corrected chi connectivity index (χ4v) is 6.97. The first-order chi connectivity index (χ1) is 24.5. The van der Waals surface area contributed by atoms with Gasteiger partial charge in [0.15, 0.2) is 18.3 Å². The number of aromatic nitrogens is 5. The molecule has 0 spiro atoms. The van der Waals surface area contributed by atoms with E-state index in [2.05, 4.69) is 35.7 Å². The Morgan fingerprint density at radius 3 is 2.69 bits per heavy atom. The van der Waals surface area contributed by atoms with Crippen molar-refractivity contribution < 1.29 is 46.0 Å². The van der Waals surface area contributed by atoms with Crippen molar-refractivity contribution in [2.75, 3.05) is 33.7 Å². The van der Waals surface area contributed by atoms with Crippen LogP contribution in [-0.4, -0.2) is 80.2 Å². The van der Waals surface area contributed by atoms with Gasteiger partial charge in [-0.25, -0.2) is 18.7 Å². The number of fused-ring (bicyclic) bond motifs is 3. The van der Waals surface area contributed by atoms with E-state index in [4.69, 9.17) is 25.4 Å². The van der Waals surface area contributed by atoms with E-state index in [0.717, 1.165) is 25.2 Å². The first-order valence-electron chi connectivity index (χ1n) is 15.8. The molecule has 5 heterocycles. The number of benzene rings is 2. The average Bonchev–Trinajstić information content (AvgIpc) is 3.68. The van der Waals surface area contributed by atoms with Crippen molar-refractivity contribution in [2.45, 2.75) is 43.4 Å². The number of aromatic hydroxyl groups is 1. The fraction of sp³-hybridized carbons (Fsp3) is 0.343. The van der Waals surface area contributed by atoms with Crippen molar-refractivity contribution >= 4 is 21.7 Å². The minimum atomic E-state index is -4.63. The van der Waals surface area contributed by atoms with Gasteiger partial charge in [0, 0.05) is 36.4 Å². The van der Waals surface area contributed by atoms with Gasteiger partial charge in [-0.05, 0) is 55.8 Å². The molecule has 0 aliphatic carbocycles. The van der Waals surface area contributed by atoms with Crippen LogP contribution >= 0.6 is 0 Å². The van der Waals surface area contributed by atoms with Crippen LogP contribution in [0.15, 0.2) is 42.9 Å². The van der Waals surface area contributed by atoms with Crippen LogP contribution in [0.3, 0.4) is 0 Å². The van der Waals surface area contributed by atoms with Crippen LogP contribution in [0.5, 0.6) is 23.5 Å². The largest absolute Gasteiger partial charge is 0.493 e. The van der Waals surface area contributed by atoms with Gasteiger partial charge in [0.1, 0.15) is 42.3 Å². The lowest BCUT2D eigenvalue weighted by Crippen LogP contribution is -2.48. The zero-order valence-corrected chi connectivity index (χ0v) is 27.0. The molecule has 2 fully saturated rings. The Balaban J connectivity index is 1.16. The van der Waals surface area contributed by atoms with Gasteiger partial charge in [-0.2, -0.15) is 23.1 Å². The van der Waals surface area contributed by atoms with Gasteiger partial charge in [-0.1, -0.05) is 12.0 Å². The van der Waals surface area contributed by atoms with E-state index in [1.165, 1.54) is 31.5 Å². The number of alkyl halides is 3. The molecule has 3 aromatic heterocycles. The van der Waals surface area contributed by atoms with Crippen LogP contribution < -0.4 is 14.2 Å². The molecule has 0 unspecified atom stereocenters. The van der Waals surface area contributed by atoms with Crippen molar-refractivity contribution in [2.24, 2.45) is 0 Å². The van der Waals surface area contributed by atoms with Crippen LogP contribution in [-0.2, 0) is 10.9 Å². The summed E-state index contributed by atoms with van der Waals surface area (Å²) in [6.45, 7) is 0.779. The van der Waals surface area contributed by atoms with E-state index >= 15 is 4.39 Å². The van der Waals surface area contributed by atoms with Crippen molar-refractivity contribution in [1.82, 2.24) is 29.8 Å². The summed E-state index contributed by atoms with van der Waals surface area (Å²) in [5, 5.41) is 11.4. The van der Waals surface area contributed by atoms with Gasteiger partial charge in [-0.3, -0.25) is 9.88 Å². The van der Waals surface area contributed by atoms with Crippen molar-refractivity contribution in [1.29, 1.82) is 0 Å². The summed E-state index contributed by atoms with van der Waals surface area (Å²) in [5.74, 6) is 0.264. The van der Waals surface area contributed by atoms with Crippen LogP contribution in [0.2, 0.25) is 0 Å². The van der Waals surface area contributed by atoms with Crippen LogP contribution in [0.1, 0.15) is 36.9 Å². The third-order valence-electron chi connectivity index (χ3n) is 9.29. The zero-order valence-electron chi connectivity index (χ0n) is 27.0. The third kappa shape index (κ3) is 6.38. The van der Waals surface area contributed by atoms with E-state index in [1.54, 1.807) is 6.07 Å². The molecule has 51 heavy (non-hydrogen) atoms. The lowest BCUT2D eigenvalue weighted by Gasteiger charge is -2.34. The molecule has 5 aromatic rings. The highest BCUT2D eigenvalue weighted by Gasteiger charge is 2.50. The Morgan fingerprint density at radius 1 is 1.06 bits per heavy atom. The monoisotopic (exact) mass is 708 g/mol. The molecule has 0 saturated carbocycles. The number of ether oxygens (including phenoxy) is 4. The zero-order chi connectivity index (χ0) is 35.9. The molecular weight excluding hydrogens is 679 g/mol. The second kappa shape index (κ2) is 13.4. The maximum atomic E-state index is 16.5. The summed E-state index contributed by atoms with van der Waals surface area (Å²) < 4.78 is 92.9. The number of rotatable bonds is 10. The average molecular weight is 709 g/mol. The van der Waals surface area contributed by atoms with Crippen molar-refractivity contribution in [3.8, 4) is 47.1 Å². The normalized spacial score (nSPS) is 19.0. The summed E-state index contributed by atoms with van der Waals surface area (Å²) in [6, 6.07) is 6.12. The number of methoxy groups -OCH3 is 1. The minimum Gasteiger partial charge on any atom is -0.493 e. The van der Waals surface area contributed by atoms with Crippen LogP contribution in [0, 0.1) is 24.0 Å². The third-order valence-corrected chi connectivity index (χ3v) is 9.29. The summed E-state index contributed by atoms with van der Waals surface area (Å²) in [7, 11) is 1.44. The van der Waals surface area contributed by atoms with Gasteiger partial charge in [0.25, 0.3) is 0 Å². The predicted octanol–water partition coefficient (Wildman–Crippen LogP) is 6.06. The molecule has 0 radical (unpaired) electrons. The number of hydrogen-bond acceptors (Lipinski definition) is 11. The first kappa shape index (κ1) is 34.1. The van der Waals surface area contributed by atoms with E-state index < -0.39 is 34.9 Å². The highest BCUT2D eigenvalue weighted by molar-refractivity contribution is 6.02. The lowest BCUT2D eigenvalue weighted by molar-refractivity contribution is -0.141. The predicted molar refractivity (Wildman–Crippen MR) is 172 cm³/mol. The molecule has 2 atom stereocenters. The molecule has 7 rings (SSSR count). The van der Waals surface area contributed by atoms with E-state index in [9.17, 15) is 22.7 Å². The summed E-state index contributed by atoms with van der Waals surface area (Å²) in [6.07, 6.45) is 5.99. The topological polar surface area (TPSA) is 125 Å². The second-order valence-electron chi connectivity index (χ2n) is 12.3. The molecule has 264 valence electrons. The number of halogens is 5.